The van der Waals surface area contributed by atoms with Gasteiger partial charge in [-0.25, -0.2) is 4.79 Å². The largest absolute Gasteiger partial charge is 0.444 e. The maximum Gasteiger partial charge on any atom is 0.410 e. The predicted octanol–water partition coefficient (Wildman–Crippen LogP) is 3.41. The van der Waals surface area contributed by atoms with Crippen molar-refractivity contribution in [2.24, 2.45) is 11.8 Å². The van der Waals surface area contributed by atoms with Gasteiger partial charge in [-0.1, -0.05) is 17.3 Å². The van der Waals surface area contributed by atoms with Gasteiger partial charge in [0.05, 0.1) is 5.69 Å². The van der Waals surface area contributed by atoms with Crippen molar-refractivity contribution in [2.45, 2.75) is 32.3 Å². The Hall–Kier alpha value is -2.04. The number of hydrogen-bond acceptors (Lipinski definition) is 4. The van der Waals surface area contributed by atoms with Gasteiger partial charge in [0, 0.05) is 24.4 Å². The number of amides is 1. The van der Waals surface area contributed by atoms with Crippen LogP contribution in [-0.2, 0) is 4.74 Å². The van der Waals surface area contributed by atoms with Gasteiger partial charge in [0.15, 0.2) is 5.58 Å². The van der Waals surface area contributed by atoms with Gasteiger partial charge in [0.25, 0.3) is 0 Å². The van der Waals surface area contributed by atoms with E-state index in [9.17, 15) is 4.79 Å². The zero-order valence-corrected chi connectivity index (χ0v) is 13.1. The summed E-state index contributed by atoms with van der Waals surface area (Å²) in [6.45, 7) is 7.20. The van der Waals surface area contributed by atoms with Crippen LogP contribution in [0.3, 0.4) is 0 Å². The Kier molecular flexibility index (Phi) is 2.77. The summed E-state index contributed by atoms with van der Waals surface area (Å²) in [5.74, 6) is 1.39. The van der Waals surface area contributed by atoms with Gasteiger partial charge in [-0.2, -0.15) is 0 Å². The van der Waals surface area contributed by atoms with E-state index in [1.807, 2.05) is 43.9 Å². The molecule has 0 bridgehead atoms. The molecule has 3 atom stereocenters. The second kappa shape index (κ2) is 4.48. The summed E-state index contributed by atoms with van der Waals surface area (Å²) in [5.41, 5.74) is 1.45. The molecule has 1 aromatic heterocycles. The number of aromatic nitrogens is 1. The highest BCUT2D eigenvalue weighted by molar-refractivity contribution is 5.80. The molecule has 0 spiro atoms. The monoisotopic (exact) mass is 300 g/mol. The normalized spacial score (nSPS) is 27.0. The Balaban J connectivity index is 1.46. The zero-order chi connectivity index (χ0) is 15.5. The molecule has 5 nitrogen and oxygen atoms in total. The van der Waals surface area contributed by atoms with Crippen molar-refractivity contribution < 1.29 is 14.1 Å². The lowest BCUT2D eigenvalue weighted by atomic mass is 10.1. The van der Waals surface area contributed by atoms with E-state index >= 15 is 0 Å². The average Bonchev–Trinajstić information content (AvgIpc) is 2.86. The number of piperidine rings is 1. The summed E-state index contributed by atoms with van der Waals surface area (Å²) >= 11 is 0. The number of hydrogen-bond donors (Lipinski definition) is 0. The third-order valence-corrected chi connectivity index (χ3v) is 4.57. The van der Waals surface area contributed by atoms with Crippen molar-refractivity contribution in [1.29, 1.82) is 0 Å². The number of ether oxygens (including phenoxy) is 1. The Morgan fingerprint density at radius 2 is 1.95 bits per heavy atom. The minimum atomic E-state index is -0.439. The van der Waals surface area contributed by atoms with Crippen molar-refractivity contribution in [3.8, 4) is 0 Å². The predicted molar refractivity (Wildman–Crippen MR) is 81.5 cm³/mol. The third kappa shape index (κ3) is 2.16. The Labute approximate surface area is 129 Å². The van der Waals surface area contributed by atoms with E-state index in [0.29, 0.717) is 17.8 Å². The van der Waals surface area contributed by atoms with Crippen LogP contribution in [0.2, 0.25) is 0 Å². The summed E-state index contributed by atoms with van der Waals surface area (Å²) in [4.78, 5) is 13.9. The fourth-order valence-corrected chi connectivity index (χ4v) is 3.55. The van der Waals surface area contributed by atoms with Crippen molar-refractivity contribution >= 4 is 17.1 Å². The molecule has 2 heterocycles. The van der Waals surface area contributed by atoms with Crippen LogP contribution in [0.1, 0.15) is 32.4 Å². The number of carbonyl (C=O) groups is 1. The number of likely N-dealkylation sites (tertiary alicyclic amines) is 1. The molecule has 1 saturated carbocycles. The van der Waals surface area contributed by atoms with E-state index in [1.54, 1.807) is 0 Å². The van der Waals surface area contributed by atoms with Gasteiger partial charge in [0.1, 0.15) is 5.60 Å². The first-order valence-corrected chi connectivity index (χ1v) is 7.76. The first-order valence-electron chi connectivity index (χ1n) is 7.76. The van der Waals surface area contributed by atoms with Gasteiger partial charge in [-0.3, -0.25) is 0 Å². The van der Waals surface area contributed by atoms with E-state index < -0.39 is 5.60 Å². The molecule has 4 rings (SSSR count). The standard InChI is InChI=1S/C17H20N2O3/c1-17(2,3)21-16(20)19-8-11-12(9-19)14(11)15-10-6-4-5-7-13(10)22-18-15/h4-7,11-12,14H,8-9H2,1-3H3/t11-,12+,14?. The van der Waals surface area contributed by atoms with E-state index in [2.05, 4.69) is 11.2 Å². The van der Waals surface area contributed by atoms with Crippen LogP contribution in [0, 0.1) is 11.8 Å². The molecule has 5 heteroatoms. The maximum absolute atomic E-state index is 12.1. The smallest absolute Gasteiger partial charge is 0.410 e. The SMILES string of the molecule is CC(C)(C)OC(=O)N1C[C@@H]2C(c3noc4ccccc34)[C@@H]2C1. The van der Waals surface area contributed by atoms with Crippen LogP contribution in [0.4, 0.5) is 4.79 Å². The van der Waals surface area contributed by atoms with E-state index in [0.717, 1.165) is 29.8 Å². The van der Waals surface area contributed by atoms with Crippen LogP contribution in [0.15, 0.2) is 28.8 Å². The molecular formula is C17H20N2O3. The lowest BCUT2D eigenvalue weighted by Crippen LogP contribution is -2.36. The minimum Gasteiger partial charge on any atom is -0.444 e. The second-order valence-electron chi connectivity index (χ2n) is 7.30. The molecule has 22 heavy (non-hydrogen) atoms. The number of fused-ring (bicyclic) bond motifs is 2. The molecule has 2 aromatic rings. The quantitative estimate of drug-likeness (QED) is 0.810. The number of rotatable bonds is 1. The van der Waals surface area contributed by atoms with Crippen molar-refractivity contribution in [2.75, 3.05) is 13.1 Å². The van der Waals surface area contributed by atoms with Gasteiger partial charge in [-0.05, 0) is 44.7 Å². The highest BCUT2D eigenvalue weighted by Gasteiger charge is 2.59. The topological polar surface area (TPSA) is 55.6 Å². The van der Waals surface area contributed by atoms with Crippen LogP contribution >= 0.6 is 0 Å². The summed E-state index contributed by atoms with van der Waals surface area (Å²) < 4.78 is 10.8. The molecule has 1 aromatic carbocycles. The summed E-state index contributed by atoms with van der Waals surface area (Å²) in [6.07, 6.45) is -0.205. The van der Waals surface area contributed by atoms with Crippen molar-refractivity contribution in [3.05, 3.63) is 30.0 Å². The fourth-order valence-electron chi connectivity index (χ4n) is 3.55. The molecular weight excluding hydrogens is 280 g/mol. The molecule has 0 radical (unpaired) electrons. The maximum atomic E-state index is 12.1. The Bertz CT molecular complexity index is 719. The van der Waals surface area contributed by atoms with Crippen LogP contribution in [0.25, 0.3) is 11.0 Å². The van der Waals surface area contributed by atoms with Crippen molar-refractivity contribution in [1.82, 2.24) is 10.1 Å². The van der Waals surface area contributed by atoms with Crippen LogP contribution in [0.5, 0.6) is 0 Å². The Morgan fingerprint density at radius 3 is 2.64 bits per heavy atom. The number of nitrogens with zero attached hydrogens (tertiary/aromatic N) is 2. The van der Waals surface area contributed by atoms with Gasteiger partial charge in [0.2, 0.25) is 0 Å². The highest BCUT2D eigenvalue weighted by Crippen LogP contribution is 2.59. The molecule has 2 fully saturated rings. The number of benzene rings is 1. The van der Waals surface area contributed by atoms with Crippen LogP contribution < -0.4 is 0 Å². The average molecular weight is 300 g/mol. The highest BCUT2D eigenvalue weighted by atomic mass is 16.6. The summed E-state index contributed by atoms with van der Waals surface area (Å²) in [5, 5.41) is 5.36. The number of carbonyl (C=O) groups excluding carboxylic acids is 1. The molecule has 2 aliphatic rings. The van der Waals surface area contributed by atoms with E-state index in [4.69, 9.17) is 9.26 Å². The first-order chi connectivity index (χ1) is 10.4. The second-order valence-corrected chi connectivity index (χ2v) is 7.30. The lowest BCUT2D eigenvalue weighted by Gasteiger charge is -2.25. The van der Waals surface area contributed by atoms with Gasteiger partial charge < -0.3 is 14.2 Å². The molecule has 116 valence electrons. The summed E-state index contributed by atoms with van der Waals surface area (Å²) in [7, 11) is 0. The molecule has 1 unspecified atom stereocenters. The Morgan fingerprint density at radius 1 is 1.27 bits per heavy atom. The third-order valence-electron chi connectivity index (χ3n) is 4.57. The number of para-hydroxylation sites is 1. The molecule has 1 amide bonds. The van der Waals surface area contributed by atoms with Crippen molar-refractivity contribution in [3.63, 3.8) is 0 Å². The molecule has 1 aliphatic heterocycles. The molecule has 0 N–H and O–H groups in total. The fraction of sp³-hybridized carbons (Fsp3) is 0.529. The zero-order valence-electron chi connectivity index (χ0n) is 13.1. The van der Waals surface area contributed by atoms with E-state index in [-0.39, 0.29) is 6.09 Å². The van der Waals surface area contributed by atoms with Gasteiger partial charge >= 0.3 is 6.09 Å². The van der Waals surface area contributed by atoms with Gasteiger partial charge in [-0.15, -0.1) is 0 Å². The van der Waals surface area contributed by atoms with E-state index in [1.165, 1.54) is 0 Å². The van der Waals surface area contributed by atoms with Crippen LogP contribution in [-0.4, -0.2) is 34.8 Å². The molecule has 1 saturated heterocycles. The molecule has 1 aliphatic carbocycles. The first kappa shape index (κ1) is 13.6. The minimum absolute atomic E-state index is 0.205. The summed E-state index contributed by atoms with van der Waals surface area (Å²) in [6, 6.07) is 7.96. The lowest BCUT2D eigenvalue weighted by molar-refractivity contribution is 0.0270.